The molecule has 0 bridgehead atoms. The molecule has 0 aromatic rings. The third-order valence-electron chi connectivity index (χ3n) is 3.67. The van der Waals surface area contributed by atoms with Crippen molar-refractivity contribution in [1.29, 1.82) is 0 Å². The van der Waals surface area contributed by atoms with Gasteiger partial charge in [0.25, 0.3) is 0 Å². The van der Waals surface area contributed by atoms with Crippen LogP contribution in [0.2, 0.25) is 0 Å². The van der Waals surface area contributed by atoms with Crippen molar-refractivity contribution in [3.63, 3.8) is 0 Å². The number of hydrogen-bond donors (Lipinski definition) is 2. The third-order valence-corrected chi connectivity index (χ3v) is 3.67. The fourth-order valence-electron chi connectivity index (χ4n) is 2.41. The number of carbonyl (C=O) groups excluding carboxylic acids is 1. The summed E-state index contributed by atoms with van der Waals surface area (Å²) in [5.74, 6) is -0.212. The Balaban J connectivity index is 2.38. The standard InChI is InChI=1S/C13H25NO3/c1-3-17-12(16)11(2)14-9-13(10-15)7-5-4-6-8-13/h11,14-15H,3-10H2,1-2H3. The van der Waals surface area contributed by atoms with Crippen molar-refractivity contribution < 1.29 is 14.6 Å². The van der Waals surface area contributed by atoms with Crippen molar-refractivity contribution in [1.82, 2.24) is 5.32 Å². The number of rotatable bonds is 6. The molecular weight excluding hydrogens is 218 g/mol. The average Bonchev–Trinajstić information content (AvgIpc) is 2.37. The van der Waals surface area contributed by atoms with Gasteiger partial charge in [-0.15, -0.1) is 0 Å². The molecule has 1 rings (SSSR count). The van der Waals surface area contributed by atoms with Crippen molar-refractivity contribution in [2.45, 2.75) is 52.0 Å². The van der Waals surface area contributed by atoms with Gasteiger partial charge in [-0.05, 0) is 26.7 Å². The highest BCUT2D eigenvalue weighted by atomic mass is 16.5. The second-order valence-electron chi connectivity index (χ2n) is 5.07. The summed E-state index contributed by atoms with van der Waals surface area (Å²) in [6.07, 6.45) is 5.71. The van der Waals surface area contributed by atoms with Gasteiger partial charge in [-0.3, -0.25) is 4.79 Å². The molecule has 100 valence electrons. The molecule has 17 heavy (non-hydrogen) atoms. The van der Waals surface area contributed by atoms with E-state index < -0.39 is 0 Å². The van der Waals surface area contributed by atoms with Crippen LogP contribution >= 0.6 is 0 Å². The zero-order chi connectivity index (χ0) is 12.7. The van der Waals surface area contributed by atoms with Gasteiger partial charge in [0.2, 0.25) is 0 Å². The van der Waals surface area contributed by atoms with Crippen LogP contribution in [-0.2, 0) is 9.53 Å². The van der Waals surface area contributed by atoms with Crippen molar-refractivity contribution in [2.75, 3.05) is 19.8 Å². The van der Waals surface area contributed by atoms with Crippen molar-refractivity contribution in [3.8, 4) is 0 Å². The van der Waals surface area contributed by atoms with E-state index in [0.29, 0.717) is 13.2 Å². The van der Waals surface area contributed by atoms with E-state index in [4.69, 9.17) is 4.74 Å². The highest BCUT2D eigenvalue weighted by molar-refractivity contribution is 5.75. The predicted octanol–water partition coefficient (Wildman–Crippen LogP) is 1.47. The maximum absolute atomic E-state index is 11.5. The quantitative estimate of drug-likeness (QED) is 0.694. The molecule has 0 saturated heterocycles. The normalized spacial score (nSPS) is 20.9. The van der Waals surface area contributed by atoms with Crippen LogP contribution in [0.1, 0.15) is 46.0 Å². The largest absolute Gasteiger partial charge is 0.465 e. The lowest BCUT2D eigenvalue weighted by Crippen LogP contribution is -2.45. The van der Waals surface area contributed by atoms with E-state index in [0.717, 1.165) is 12.8 Å². The molecule has 0 aliphatic heterocycles. The second kappa shape index (κ2) is 6.97. The maximum Gasteiger partial charge on any atom is 0.322 e. The SMILES string of the molecule is CCOC(=O)C(C)NCC1(CO)CCCCC1. The Labute approximate surface area is 104 Å². The van der Waals surface area contributed by atoms with Crippen LogP contribution in [0, 0.1) is 5.41 Å². The summed E-state index contributed by atoms with van der Waals surface area (Å²) in [6, 6.07) is -0.291. The zero-order valence-electron chi connectivity index (χ0n) is 11.0. The number of ether oxygens (including phenoxy) is 1. The van der Waals surface area contributed by atoms with Gasteiger partial charge < -0.3 is 15.2 Å². The summed E-state index contributed by atoms with van der Waals surface area (Å²) in [6.45, 7) is 4.93. The van der Waals surface area contributed by atoms with Gasteiger partial charge in [0.05, 0.1) is 6.61 Å². The molecule has 0 spiro atoms. The molecule has 1 unspecified atom stereocenters. The molecule has 0 radical (unpaired) electrons. The molecule has 0 amide bonds. The van der Waals surface area contributed by atoms with Gasteiger partial charge in [-0.1, -0.05) is 19.3 Å². The van der Waals surface area contributed by atoms with Crippen molar-refractivity contribution in [2.24, 2.45) is 5.41 Å². The average molecular weight is 243 g/mol. The van der Waals surface area contributed by atoms with Crippen molar-refractivity contribution >= 4 is 5.97 Å². The lowest BCUT2D eigenvalue weighted by molar-refractivity contribution is -0.145. The minimum Gasteiger partial charge on any atom is -0.465 e. The van der Waals surface area contributed by atoms with E-state index in [2.05, 4.69) is 5.32 Å². The number of carbonyl (C=O) groups is 1. The Morgan fingerprint density at radius 2 is 2.06 bits per heavy atom. The van der Waals surface area contributed by atoms with Crippen LogP contribution in [0.15, 0.2) is 0 Å². The molecule has 4 heteroatoms. The predicted molar refractivity (Wildman–Crippen MR) is 66.7 cm³/mol. The molecule has 2 N–H and O–H groups in total. The topological polar surface area (TPSA) is 58.6 Å². The highest BCUT2D eigenvalue weighted by Gasteiger charge is 2.32. The minimum absolute atomic E-state index is 0.0288. The summed E-state index contributed by atoms with van der Waals surface area (Å²) >= 11 is 0. The van der Waals surface area contributed by atoms with Gasteiger partial charge in [0, 0.05) is 18.6 Å². The lowest BCUT2D eigenvalue weighted by Gasteiger charge is -2.36. The first kappa shape index (κ1) is 14.5. The van der Waals surface area contributed by atoms with Gasteiger partial charge >= 0.3 is 5.97 Å². The van der Waals surface area contributed by atoms with Gasteiger partial charge in [-0.25, -0.2) is 0 Å². The van der Waals surface area contributed by atoms with Crippen LogP contribution in [0.25, 0.3) is 0 Å². The third kappa shape index (κ3) is 4.28. The number of esters is 1. The van der Waals surface area contributed by atoms with Gasteiger partial charge in [0.15, 0.2) is 0 Å². The number of hydrogen-bond acceptors (Lipinski definition) is 4. The fraction of sp³-hybridized carbons (Fsp3) is 0.923. The molecule has 1 aliphatic carbocycles. The first-order chi connectivity index (χ1) is 8.13. The molecule has 1 atom stereocenters. The van der Waals surface area contributed by atoms with Gasteiger partial charge in [-0.2, -0.15) is 0 Å². The molecule has 1 saturated carbocycles. The molecular formula is C13H25NO3. The molecule has 0 aromatic heterocycles. The summed E-state index contributed by atoms with van der Waals surface area (Å²) in [4.78, 5) is 11.5. The molecule has 4 nitrogen and oxygen atoms in total. The summed E-state index contributed by atoms with van der Waals surface area (Å²) in [5.41, 5.74) is -0.0288. The van der Waals surface area contributed by atoms with Crippen molar-refractivity contribution in [3.05, 3.63) is 0 Å². The van der Waals surface area contributed by atoms with Crippen LogP contribution in [0.4, 0.5) is 0 Å². The van der Waals surface area contributed by atoms with Crippen LogP contribution in [0.5, 0.6) is 0 Å². The monoisotopic (exact) mass is 243 g/mol. The van der Waals surface area contributed by atoms with E-state index >= 15 is 0 Å². The lowest BCUT2D eigenvalue weighted by atomic mass is 9.74. The number of nitrogens with one attached hydrogen (secondary N) is 1. The zero-order valence-corrected chi connectivity index (χ0v) is 11.0. The number of aliphatic hydroxyl groups excluding tert-OH is 1. The Kier molecular flexibility index (Phi) is 5.92. The van der Waals surface area contributed by atoms with E-state index in [9.17, 15) is 9.90 Å². The van der Waals surface area contributed by atoms with E-state index in [1.54, 1.807) is 6.92 Å². The highest BCUT2D eigenvalue weighted by Crippen LogP contribution is 2.35. The Morgan fingerprint density at radius 1 is 1.41 bits per heavy atom. The number of aliphatic hydroxyl groups is 1. The Bertz CT molecular complexity index is 237. The van der Waals surface area contributed by atoms with Crippen LogP contribution < -0.4 is 5.32 Å². The molecule has 1 fully saturated rings. The Hall–Kier alpha value is -0.610. The van der Waals surface area contributed by atoms with E-state index in [1.807, 2.05) is 6.92 Å². The van der Waals surface area contributed by atoms with E-state index in [1.165, 1.54) is 19.3 Å². The first-order valence-electron chi connectivity index (χ1n) is 6.64. The van der Waals surface area contributed by atoms with Crippen LogP contribution in [-0.4, -0.2) is 36.9 Å². The van der Waals surface area contributed by atoms with Crippen LogP contribution in [0.3, 0.4) is 0 Å². The molecule has 1 aliphatic rings. The summed E-state index contributed by atoms with van der Waals surface area (Å²) in [5, 5.41) is 12.7. The van der Waals surface area contributed by atoms with Gasteiger partial charge in [0.1, 0.15) is 6.04 Å². The fourth-order valence-corrected chi connectivity index (χ4v) is 2.41. The minimum atomic E-state index is -0.291. The Morgan fingerprint density at radius 3 is 2.59 bits per heavy atom. The molecule has 0 heterocycles. The maximum atomic E-state index is 11.5. The molecule has 0 aromatic carbocycles. The first-order valence-corrected chi connectivity index (χ1v) is 6.64. The van der Waals surface area contributed by atoms with E-state index in [-0.39, 0.29) is 24.0 Å². The summed E-state index contributed by atoms with van der Waals surface area (Å²) < 4.78 is 4.95. The smallest absolute Gasteiger partial charge is 0.322 e. The summed E-state index contributed by atoms with van der Waals surface area (Å²) in [7, 11) is 0. The second-order valence-corrected chi connectivity index (χ2v) is 5.07.